The van der Waals surface area contributed by atoms with Crippen LogP contribution in [0, 0.1) is 0 Å². The first-order valence-corrected chi connectivity index (χ1v) is 12.5. The highest BCUT2D eigenvalue weighted by atomic mass is 32.2. The van der Waals surface area contributed by atoms with Crippen molar-refractivity contribution in [1.29, 1.82) is 0 Å². The van der Waals surface area contributed by atoms with E-state index in [0.29, 0.717) is 22.6 Å². The van der Waals surface area contributed by atoms with Gasteiger partial charge in [-0.25, -0.2) is 13.8 Å². The van der Waals surface area contributed by atoms with Gasteiger partial charge >= 0.3 is 0 Å². The van der Waals surface area contributed by atoms with Crippen LogP contribution in [0.5, 0.6) is 0 Å². The van der Waals surface area contributed by atoms with Gasteiger partial charge in [0.25, 0.3) is 15.9 Å². The molecule has 2 N–H and O–H groups in total. The van der Waals surface area contributed by atoms with Gasteiger partial charge in [-0.05, 0) is 60.9 Å². The maximum Gasteiger partial charge on any atom is 0.264 e. The number of hydrogen-bond donors (Lipinski definition) is 2. The van der Waals surface area contributed by atoms with Crippen LogP contribution in [-0.2, 0) is 26.0 Å². The molecular formula is C26H28N4O4S. The fourth-order valence-corrected chi connectivity index (χ4v) is 4.78. The summed E-state index contributed by atoms with van der Waals surface area (Å²) >= 11 is 0. The number of anilines is 2. The molecule has 0 heterocycles. The number of nitrogens with zero attached hydrogens (tertiary/aromatic N) is 2. The summed E-state index contributed by atoms with van der Waals surface area (Å²) in [5.74, 6) is -0.793. The first-order valence-electron chi connectivity index (χ1n) is 11.1. The molecule has 3 aromatic rings. The number of carbonyl (C=O) groups excluding carboxylic acids is 2. The quantitative estimate of drug-likeness (QED) is 0.348. The lowest BCUT2D eigenvalue weighted by molar-refractivity contribution is -0.119. The fraction of sp³-hybridized carbons (Fsp3) is 0.192. The Bertz CT molecular complexity index is 1320. The molecule has 0 unspecified atom stereocenters. The molecular weight excluding hydrogens is 464 g/mol. The minimum Gasteiger partial charge on any atom is -0.326 e. The van der Waals surface area contributed by atoms with E-state index in [1.165, 1.54) is 19.1 Å². The molecule has 182 valence electrons. The second-order valence-electron chi connectivity index (χ2n) is 7.84. The average Bonchev–Trinajstić information content (AvgIpc) is 2.86. The minimum atomic E-state index is -3.99. The van der Waals surface area contributed by atoms with Crippen molar-refractivity contribution in [3.8, 4) is 0 Å². The molecule has 0 aromatic heterocycles. The first-order chi connectivity index (χ1) is 16.7. The van der Waals surface area contributed by atoms with E-state index < -0.39 is 22.5 Å². The third kappa shape index (κ3) is 6.77. The summed E-state index contributed by atoms with van der Waals surface area (Å²) in [7, 11) is -3.99. The summed E-state index contributed by atoms with van der Waals surface area (Å²) in [6.07, 6.45) is 0.809. The Morgan fingerprint density at radius 3 is 2.23 bits per heavy atom. The van der Waals surface area contributed by atoms with Crippen molar-refractivity contribution in [2.24, 2.45) is 5.10 Å². The van der Waals surface area contributed by atoms with Crippen LogP contribution in [0.1, 0.15) is 31.9 Å². The van der Waals surface area contributed by atoms with Gasteiger partial charge < -0.3 is 5.32 Å². The molecule has 0 aliphatic carbocycles. The molecule has 9 heteroatoms. The molecule has 0 saturated heterocycles. The van der Waals surface area contributed by atoms with E-state index in [2.05, 4.69) is 15.8 Å². The number of carbonyl (C=O) groups is 2. The zero-order chi connectivity index (χ0) is 25.4. The molecule has 3 rings (SSSR count). The second-order valence-corrected chi connectivity index (χ2v) is 9.70. The SMILES string of the molecule is CCc1ccc(N(CC(=O)N/N=C(/C)c2cccc(NC(C)=O)c2)S(=O)(=O)c2ccccc2)cc1. The van der Waals surface area contributed by atoms with Gasteiger partial charge in [-0.3, -0.25) is 13.9 Å². The summed E-state index contributed by atoms with van der Waals surface area (Å²) in [4.78, 5) is 24.2. The van der Waals surface area contributed by atoms with Crippen molar-refractivity contribution in [2.75, 3.05) is 16.2 Å². The largest absolute Gasteiger partial charge is 0.326 e. The summed E-state index contributed by atoms with van der Waals surface area (Å²) in [6.45, 7) is 4.67. The number of hydrazone groups is 1. The zero-order valence-electron chi connectivity index (χ0n) is 19.9. The Labute approximate surface area is 205 Å². The average molecular weight is 493 g/mol. The van der Waals surface area contributed by atoms with E-state index in [1.807, 2.05) is 19.1 Å². The second kappa shape index (κ2) is 11.4. The number of nitrogens with one attached hydrogen (secondary N) is 2. The molecule has 0 aliphatic heterocycles. The van der Waals surface area contributed by atoms with Crippen LogP contribution in [-0.4, -0.2) is 32.5 Å². The van der Waals surface area contributed by atoms with Crippen molar-refractivity contribution in [3.05, 3.63) is 90.0 Å². The Hall–Kier alpha value is -3.98. The normalized spacial score (nSPS) is 11.6. The van der Waals surface area contributed by atoms with E-state index in [4.69, 9.17) is 0 Å². The number of rotatable bonds is 9. The monoisotopic (exact) mass is 492 g/mol. The van der Waals surface area contributed by atoms with Crippen LogP contribution in [0.3, 0.4) is 0 Å². The molecule has 8 nitrogen and oxygen atoms in total. The summed E-state index contributed by atoms with van der Waals surface area (Å²) in [5, 5.41) is 6.82. The van der Waals surface area contributed by atoms with Gasteiger partial charge in [-0.1, -0.05) is 49.4 Å². The van der Waals surface area contributed by atoms with Crippen LogP contribution in [0.4, 0.5) is 11.4 Å². The zero-order valence-corrected chi connectivity index (χ0v) is 20.7. The Morgan fingerprint density at radius 1 is 0.914 bits per heavy atom. The summed E-state index contributed by atoms with van der Waals surface area (Å²) in [6, 6.07) is 22.1. The Kier molecular flexibility index (Phi) is 8.38. The molecule has 0 saturated carbocycles. The highest BCUT2D eigenvalue weighted by molar-refractivity contribution is 7.92. The highest BCUT2D eigenvalue weighted by Gasteiger charge is 2.27. The number of aryl methyl sites for hydroxylation is 1. The topological polar surface area (TPSA) is 108 Å². The van der Waals surface area contributed by atoms with E-state index in [0.717, 1.165) is 16.3 Å². The van der Waals surface area contributed by atoms with Gasteiger partial charge in [0, 0.05) is 12.6 Å². The standard InChI is InChI=1S/C26H28N4O4S/c1-4-21-13-15-24(16-14-21)30(35(33,34)25-11-6-5-7-12-25)18-26(32)29-28-19(2)22-9-8-10-23(17-22)27-20(3)31/h5-17H,4,18H2,1-3H3,(H,27,31)(H,29,32)/b28-19-. The van der Waals surface area contributed by atoms with Crippen LogP contribution in [0.2, 0.25) is 0 Å². The lowest BCUT2D eigenvalue weighted by Gasteiger charge is -2.24. The maximum atomic E-state index is 13.4. The lowest BCUT2D eigenvalue weighted by Crippen LogP contribution is -2.39. The minimum absolute atomic E-state index is 0.0850. The molecule has 0 atom stereocenters. The Balaban J connectivity index is 1.83. The molecule has 0 radical (unpaired) electrons. The van der Waals surface area contributed by atoms with Crippen LogP contribution < -0.4 is 15.0 Å². The molecule has 3 aromatic carbocycles. The Morgan fingerprint density at radius 2 is 1.60 bits per heavy atom. The number of sulfonamides is 1. The van der Waals surface area contributed by atoms with Crippen molar-refractivity contribution < 1.29 is 18.0 Å². The highest BCUT2D eigenvalue weighted by Crippen LogP contribution is 2.24. The number of amides is 2. The molecule has 2 amide bonds. The lowest BCUT2D eigenvalue weighted by atomic mass is 10.1. The van der Waals surface area contributed by atoms with E-state index >= 15 is 0 Å². The van der Waals surface area contributed by atoms with E-state index in [1.54, 1.807) is 61.5 Å². The van der Waals surface area contributed by atoms with Gasteiger partial charge in [0.05, 0.1) is 16.3 Å². The number of hydrogen-bond acceptors (Lipinski definition) is 5. The van der Waals surface area contributed by atoms with E-state index in [9.17, 15) is 18.0 Å². The van der Waals surface area contributed by atoms with Crippen LogP contribution in [0.15, 0.2) is 88.9 Å². The van der Waals surface area contributed by atoms with E-state index in [-0.39, 0.29) is 10.8 Å². The summed E-state index contributed by atoms with van der Waals surface area (Å²) < 4.78 is 27.8. The van der Waals surface area contributed by atoms with Gasteiger partial charge in [0.2, 0.25) is 5.91 Å². The fourth-order valence-electron chi connectivity index (χ4n) is 3.33. The molecule has 0 fully saturated rings. The van der Waals surface area contributed by atoms with Crippen LogP contribution >= 0.6 is 0 Å². The van der Waals surface area contributed by atoms with Crippen LogP contribution in [0.25, 0.3) is 0 Å². The predicted octanol–water partition coefficient (Wildman–Crippen LogP) is 3.94. The maximum absolute atomic E-state index is 13.4. The van der Waals surface area contributed by atoms with Crippen molar-refractivity contribution in [2.45, 2.75) is 32.1 Å². The third-order valence-corrected chi connectivity index (χ3v) is 6.99. The number of benzene rings is 3. The molecule has 0 aliphatic rings. The predicted molar refractivity (Wildman–Crippen MR) is 138 cm³/mol. The molecule has 0 spiro atoms. The van der Waals surface area contributed by atoms with Gasteiger partial charge in [0.1, 0.15) is 6.54 Å². The van der Waals surface area contributed by atoms with Gasteiger partial charge in [-0.15, -0.1) is 0 Å². The van der Waals surface area contributed by atoms with Gasteiger partial charge in [-0.2, -0.15) is 5.10 Å². The van der Waals surface area contributed by atoms with Crippen molar-refractivity contribution >= 4 is 38.9 Å². The first kappa shape index (κ1) is 25.6. The third-order valence-electron chi connectivity index (χ3n) is 5.20. The molecule has 35 heavy (non-hydrogen) atoms. The van der Waals surface area contributed by atoms with Gasteiger partial charge in [0.15, 0.2) is 0 Å². The summed E-state index contributed by atoms with van der Waals surface area (Å²) in [5.41, 5.74) is 5.67. The van der Waals surface area contributed by atoms with Crippen molar-refractivity contribution in [1.82, 2.24) is 5.43 Å². The smallest absolute Gasteiger partial charge is 0.264 e. The van der Waals surface area contributed by atoms with Crippen molar-refractivity contribution in [3.63, 3.8) is 0 Å². The molecule has 0 bridgehead atoms.